The highest BCUT2D eigenvalue weighted by molar-refractivity contribution is 5.95. The summed E-state index contributed by atoms with van der Waals surface area (Å²) in [5.74, 6) is -0.706. The highest BCUT2D eigenvalue weighted by atomic mass is 16.5. The van der Waals surface area contributed by atoms with Crippen LogP contribution in [0.3, 0.4) is 0 Å². The third-order valence-electron chi connectivity index (χ3n) is 4.00. The van der Waals surface area contributed by atoms with Crippen LogP contribution in [0, 0.1) is 0 Å². The molecule has 1 aromatic carbocycles. The van der Waals surface area contributed by atoms with Crippen LogP contribution in [0.15, 0.2) is 47.7 Å². The minimum absolute atomic E-state index is 0.219. The molecule has 0 amide bonds. The summed E-state index contributed by atoms with van der Waals surface area (Å²) in [6, 6.07) is 8.10. The number of ketones is 1. The number of nitrogens with zero attached hydrogens (tertiary/aromatic N) is 1. The van der Waals surface area contributed by atoms with Gasteiger partial charge in [0.2, 0.25) is 0 Å². The Morgan fingerprint density at radius 2 is 1.87 bits per heavy atom. The second-order valence-corrected chi connectivity index (χ2v) is 6.53. The standard InChI is InChI=1S/C19H23NO3/c1-13(2)10-18(22)23-12-14(21)11-17-19(3,4)15-8-6-7-9-16(15)20(17)5/h6-11H,12H2,1-5H3. The van der Waals surface area contributed by atoms with Crippen LogP contribution in [-0.4, -0.2) is 25.4 Å². The zero-order chi connectivity index (χ0) is 17.2. The number of likely N-dealkylation sites (N-methyl/N-ethyl adjacent to an activating group) is 1. The maximum atomic E-state index is 12.2. The van der Waals surface area contributed by atoms with Gasteiger partial charge in [-0.3, -0.25) is 4.79 Å². The molecule has 0 fully saturated rings. The van der Waals surface area contributed by atoms with E-state index in [1.54, 1.807) is 19.9 Å². The van der Waals surface area contributed by atoms with Gasteiger partial charge in [0, 0.05) is 36.0 Å². The van der Waals surface area contributed by atoms with Crippen LogP contribution in [0.5, 0.6) is 0 Å². The second-order valence-electron chi connectivity index (χ2n) is 6.53. The molecule has 23 heavy (non-hydrogen) atoms. The van der Waals surface area contributed by atoms with Crippen molar-refractivity contribution in [1.82, 2.24) is 0 Å². The van der Waals surface area contributed by atoms with Crippen molar-refractivity contribution in [2.45, 2.75) is 33.1 Å². The first-order chi connectivity index (χ1) is 10.7. The number of carbonyl (C=O) groups is 2. The lowest BCUT2D eigenvalue weighted by molar-refractivity contribution is -0.141. The lowest BCUT2D eigenvalue weighted by atomic mass is 9.83. The molecule has 1 aromatic rings. The molecule has 0 spiro atoms. The molecular formula is C19H23NO3. The average molecular weight is 313 g/mol. The van der Waals surface area contributed by atoms with Crippen molar-refractivity contribution < 1.29 is 14.3 Å². The van der Waals surface area contributed by atoms with Crippen molar-refractivity contribution in [3.63, 3.8) is 0 Å². The molecular weight excluding hydrogens is 290 g/mol. The third kappa shape index (κ3) is 3.52. The summed E-state index contributed by atoms with van der Waals surface area (Å²) in [7, 11) is 1.95. The highest BCUT2D eigenvalue weighted by Gasteiger charge is 2.38. The van der Waals surface area contributed by atoms with Crippen molar-refractivity contribution in [3.05, 3.63) is 53.3 Å². The molecule has 0 unspecified atom stereocenters. The van der Waals surface area contributed by atoms with E-state index in [1.165, 1.54) is 11.6 Å². The minimum Gasteiger partial charge on any atom is -0.454 e. The first-order valence-electron chi connectivity index (χ1n) is 7.63. The van der Waals surface area contributed by atoms with Crippen molar-refractivity contribution in [2.75, 3.05) is 18.6 Å². The molecule has 4 heteroatoms. The Bertz CT molecular complexity index is 694. The SMILES string of the molecule is CC(C)=CC(=O)OCC(=O)C=C1N(C)c2ccccc2C1(C)C. The number of para-hydroxylation sites is 1. The number of anilines is 1. The number of benzene rings is 1. The lowest BCUT2D eigenvalue weighted by Gasteiger charge is -2.23. The zero-order valence-corrected chi connectivity index (χ0v) is 14.3. The number of carbonyl (C=O) groups excluding carboxylic acids is 2. The summed E-state index contributed by atoms with van der Waals surface area (Å²) < 4.78 is 4.98. The van der Waals surface area contributed by atoms with Crippen molar-refractivity contribution in [1.29, 1.82) is 0 Å². The summed E-state index contributed by atoms with van der Waals surface area (Å²) in [6.45, 7) is 7.54. The van der Waals surface area contributed by atoms with Gasteiger partial charge in [0.05, 0.1) is 0 Å². The highest BCUT2D eigenvalue weighted by Crippen LogP contribution is 2.46. The van der Waals surface area contributed by atoms with Crippen LogP contribution in [-0.2, 0) is 19.7 Å². The number of ether oxygens (including phenoxy) is 1. The van der Waals surface area contributed by atoms with E-state index in [9.17, 15) is 9.59 Å². The van der Waals surface area contributed by atoms with Crippen LogP contribution < -0.4 is 4.90 Å². The van der Waals surface area contributed by atoms with Gasteiger partial charge in [0.15, 0.2) is 12.4 Å². The van der Waals surface area contributed by atoms with Crippen LogP contribution >= 0.6 is 0 Å². The Kier molecular flexibility index (Phi) is 4.73. The Hall–Kier alpha value is -2.36. The topological polar surface area (TPSA) is 46.6 Å². The van der Waals surface area contributed by atoms with Crippen LogP contribution in [0.25, 0.3) is 0 Å². The smallest absolute Gasteiger partial charge is 0.331 e. The largest absolute Gasteiger partial charge is 0.454 e. The van der Waals surface area contributed by atoms with Crippen molar-refractivity contribution >= 4 is 17.4 Å². The lowest BCUT2D eigenvalue weighted by Crippen LogP contribution is -2.25. The first-order valence-corrected chi connectivity index (χ1v) is 7.63. The average Bonchev–Trinajstić information content (AvgIpc) is 2.66. The summed E-state index contributed by atoms with van der Waals surface area (Å²) in [5.41, 5.74) is 3.77. The monoisotopic (exact) mass is 313 g/mol. The van der Waals surface area contributed by atoms with Gasteiger partial charge >= 0.3 is 5.97 Å². The number of hydrogen-bond donors (Lipinski definition) is 0. The maximum absolute atomic E-state index is 12.2. The molecule has 0 bridgehead atoms. The van der Waals surface area contributed by atoms with Gasteiger partial charge in [-0.1, -0.05) is 37.6 Å². The molecule has 1 aliphatic heterocycles. The van der Waals surface area contributed by atoms with E-state index in [4.69, 9.17) is 4.74 Å². The number of rotatable bonds is 4. The van der Waals surface area contributed by atoms with Gasteiger partial charge in [-0.2, -0.15) is 0 Å². The minimum atomic E-state index is -0.487. The molecule has 0 aliphatic carbocycles. The number of allylic oxidation sites excluding steroid dienone is 2. The number of fused-ring (bicyclic) bond motifs is 1. The van der Waals surface area contributed by atoms with Gasteiger partial charge < -0.3 is 9.64 Å². The van der Waals surface area contributed by atoms with Crippen LogP contribution in [0.1, 0.15) is 33.3 Å². The maximum Gasteiger partial charge on any atom is 0.331 e. The third-order valence-corrected chi connectivity index (χ3v) is 4.00. The van der Waals surface area contributed by atoms with Gasteiger partial charge in [-0.25, -0.2) is 4.79 Å². The second kappa shape index (κ2) is 6.41. The molecule has 1 aliphatic rings. The molecule has 1 heterocycles. The summed E-state index contributed by atoms with van der Waals surface area (Å²) in [4.78, 5) is 25.7. The predicted octanol–water partition coefficient (Wildman–Crippen LogP) is 3.38. The fraction of sp³-hybridized carbons (Fsp3) is 0.368. The summed E-state index contributed by atoms with van der Waals surface area (Å²) in [6.07, 6.45) is 2.96. The van der Waals surface area contributed by atoms with Gasteiger partial charge in [-0.05, 0) is 25.5 Å². The van der Waals surface area contributed by atoms with E-state index in [0.29, 0.717) is 0 Å². The Balaban J connectivity index is 2.16. The Morgan fingerprint density at radius 3 is 2.48 bits per heavy atom. The molecule has 122 valence electrons. The quantitative estimate of drug-likeness (QED) is 0.631. The zero-order valence-electron chi connectivity index (χ0n) is 14.3. The van der Waals surface area contributed by atoms with E-state index in [-0.39, 0.29) is 17.8 Å². The van der Waals surface area contributed by atoms with Crippen molar-refractivity contribution in [2.24, 2.45) is 0 Å². The van der Waals surface area contributed by atoms with E-state index in [2.05, 4.69) is 19.9 Å². The molecule has 0 aromatic heterocycles. The molecule has 0 saturated heterocycles. The predicted molar refractivity (Wildman–Crippen MR) is 91.4 cm³/mol. The van der Waals surface area contributed by atoms with E-state index in [1.807, 2.05) is 30.1 Å². The molecule has 2 rings (SSSR count). The normalized spacial score (nSPS) is 16.9. The van der Waals surface area contributed by atoms with Gasteiger partial charge in [0.25, 0.3) is 0 Å². The molecule has 4 nitrogen and oxygen atoms in total. The Labute approximate surface area is 137 Å². The first kappa shape index (κ1) is 17.0. The summed E-state index contributed by atoms with van der Waals surface area (Å²) >= 11 is 0. The van der Waals surface area contributed by atoms with E-state index < -0.39 is 5.97 Å². The van der Waals surface area contributed by atoms with Crippen LogP contribution in [0.2, 0.25) is 0 Å². The van der Waals surface area contributed by atoms with Gasteiger partial charge in [-0.15, -0.1) is 0 Å². The van der Waals surface area contributed by atoms with Crippen LogP contribution in [0.4, 0.5) is 5.69 Å². The molecule has 0 atom stereocenters. The van der Waals surface area contributed by atoms with E-state index >= 15 is 0 Å². The molecule has 0 N–H and O–H groups in total. The number of esters is 1. The summed E-state index contributed by atoms with van der Waals surface area (Å²) in [5, 5.41) is 0. The molecule has 0 radical (unpaired) electrons. The fourth-order valence-electron chi connectivity index (χ4n) is 2.87. The fourth-order valence-corrected chi connectivity index (χ4v) is 2.87. The van der Waals surface area contributed by atoms with Gasteiger partial charge in [0.1, 0.15) is 0 Å². The van der Waals surface area contributed by atoms with E-state index in [0.717, 1.165) is 17.0 Å². The number of hydrogen-bond acceptors (Lipinski definition) is 4. The Morgan fingerprint density at radius 1 is 1.22 bits per heavy atom. The molecule has 0 saturated carbocycles. The van der Waals surface area contributed by atoms with Crippen molar-refractivity contribution in [3.8, 4) is 0 Å².